The smallest absolute Gasteiger partial charge is 0.355 e. The molecule has 1 saturated heterocycles. The van der Waals surface area contributed by atoms with E-state index in [1.807, 2.05) is 6.26 Å². The monoisotopic (exact) mass is 390 g/mol. The highest BCUT2D eigenvalue weighted by Crippen LogP contribution is 2.29. The molecular formula is C13H25F3N4O2S2. The molecule has 1 heterocycles. The van der Waals surface area contributed by atoms with Gasteiger partial charge in [-0.1, -0.05) is 0 Å². The van der Waals surface area contributed by atoms with E-state index in [0.29, 0.717) is 29.7 Å². The van der Waals surface area contributed by atoms with Gasteiger partial charge >= 0.3 is 15.5 Å². The lowest BCUT2D eigenvalue weighted by Crippen LogP contribution is -2.52. The van der Waals surface area contributed by atoms with Crippen molar-refractivity contribution in [2.45, 2.75) is 43.0 Å². The minimum absolute atomic E-state index is 0.0156. The molecule has 1 aliphatic heterocycles. The van der Waals surface area contributed by atoms with Crippen LogP contribution < -0.4 is 10.6 Å². The molecule has 11 heteroatoms. The lowest BCUT2D eigenvalue weighted by Gasteiger charge is -2.33. The average Bonchev–Trinajstić information content (AvgIpc) is 2.50. The summed E-state index contributed by atoms with van der Waals surface area (Å²) in [5.41, 5.74) is -5.24. The van der Waals surface area contributed by atoms with Crippen molar-refractivity contribution < 1.29 is 21.6 Å². The molecule has 0 aromatic heterocycles. The molecule has 0 aromatic rings. The Morgan fingerprint density at radius 1 is 1.29 bits per heavy atom. The van der Waals surface area contributed by atoms with Crippen molar-refractivity contribution >= 4 is 27.7 Å². The number of rotatable bonds is 5. The van der Waals surface area contributed by atoms with Gasteiger partial charge in [-0.25, -0.2) is 8.42 Å². The molecule has 2 N–H and O–H groups in total. The summed E-state index contributed by atoms with van der Waals surface area (Å²) in [6.07, 6.45) is 2.60. The van der Waals surface area contributed by atoms with E-state index in [1.54, 1.807) is 18.8 Å². The third-order valence-corrected chi connectivity index (χ3v) is 6.76. The summed E-state index contributed by atoms with van der Waals surface area (Å²) in [5.74, 6) is 0.564. The lowest BCUT2D eigenvalue weighted by molar-refractivity contribution is -0.0494. The Labute approximate surface area is 145 Å². The Bertz CT molecular complexity index is 542. The molecular weight excluding hydrogens is 365 g/mol. The summed E-state index contributed by atoms with van der Waals surface area (Å²) in [5, 5.41) is 6.32. The van der Waals surface area contributed by atoms with Gasteiger partial charge in [-0.3, -0.25) is 4.99 Å². The summed E-state index contributed by atoms with van der Waals surface area (Å²) in [7, 11) is -3.62. The van der Waals surface area contributed by atoms with Crippen LogP contribution in [0.2, 0.25) is 0 Å². The molecule has 0 amide bonds. The summed E-state index contributed by atoms with van der Waals surface area (Å²) < 4.78 is 60.9. The van der Waals surface area contributed by atoms with Crippen molar-refractivity contribution in [2.24, 2.45) is 4.99 Å². The third-order valence-electron chi connectivity index (χ3n) is 3.88. The Balaban J connectivity index is 2.54. The van der Waals surface area contributed by atoms with Crippen molar-refractivity contribution in [1.82, 2.24) is 14.9 Å². The molecule has 0 radical (unpaired) electrons. The summed E-state index contributed by atoms with van der Waals surface area (Å²) >= 11 is 1.71. The van der Waals surface area contributed by atoms with Crippen molar-refractivity contribution in [3.05, 3.63) is 0 Å². The minimum Gasteiger partial charge on any atom is -0.355 e. The fourth-order valence-corrected chi connectivity index (χ4v) is 3.34. The molecule has 0 aliphatic carbocycles. The summed E-state index contributed by atoms with van der Waals surface area (Å²) in [6, 6.07) is -0.117. The molecule has 0 unspecified atom stereocenters. The highest BCUT2D eigenvalue weighted by Gasteiger charge is 2.50. The number of nitrogens with zero attached hydrogens (tertiary/aromatic N) is 2. The maximum atomic E-state index is 12.5. The first-order chi connectivity index (χ1) is 10.9. The van der Waals surface area contributed by atoms with Crippen LogP contribution in [0.3, 0.4) is 0 Å². The van der Waals surface area contributed by atoms with E-state index in [4.69, 9.17) is 0 Å². The van der Waals surface area contributed by atoms with Gasteiger partial charge in [0, 0.05) is 37.5 Å². The molecule has 1 aliphatic rings. The molecule has 0 aromatic carbocycles. The van der Waals surface area contributed by atoms with Crippen molar-refractivity contribution in [1.29, 1.82) is 0 Å². The Kier molecular flexibility index (Phi) is 7.24. The van der Waals surface area contributed by atoms with Crippen LogP contribution in [0.15, 0.2) is 4.99 Å². The predicted molar refractivity (Wildman–Crippen MR) is 91.7 cm³/mol. The first kappa shape index (κ1) is 21.4. The third kappa shape index (κ3) is 5.69. The number of sulfonamides is 1. The predicted octanol–water partition coefficient (Wildman–Crippen LogP) is 1.61. The maximum absolute atomic E-state index is 12.5. The van der Waals surface area contributed by atoms with Crippen LogP contribution in [-0.2, 0) is 10.0 Å². The van der Waals surface area contributed by atoms with Crippen molar-refractivity contribution in [2.75, 3.05) is 32.9 Å². The molecule has 1 fully saturated rings. The van der Waals surface area contributed by atoms with Gasteiger partial charge in [-0.2, -0.15) is 29.2 Å². The zero-order valence-electron chi connectivity index (χ0n) is 14.3. The SMILES string of the molecule is CN=C(NCC(C)(C)SC)NC1CCN(S(=O)(=O)C(F)(F)F)CC1. The van der Waals surface area contributed by atoms with E-state index < -0.39 is 15.5 Å². The largest absolute Gasteiger partial charge is 0.511 e. The van der Waals surface area contributed by atoms with Gasteiger partial charge < -0.3 is 10.6 Å². The standard InChI is InChI=1S/C13H25F3N4O2S2/c1-12(2,23-4)9-18-11(17-3)19-10-5-7-20(8-6-10)24(21,22)13(14,15)16/h10H,5-9H2,1-4H3,(H2,17,18,19). The number of aliphatic imine (C=N–C) groups is 1. The molecule has 0 spiro atoms. The van der Waals surface area contributed by atoms with Gasteiger partial charge in [0.2, 0.25) is 0 Å². The number of piperidine rings is 1. The molecule has 1 rings (SSSR count). The van der Waals surface area contributed by atoms with Gasteiger partial charge in [0.05, 0.1) is 0 Å². The molecule has 0 atom stereocenters. The first-order valence-electron chi connectivity index (χ1n) is 7.51. The van der Waals surface area contributed by atoms with Crippen LogP contribution in [0, 0.1) is 0 Å². The number of guanidine groups is 1. The van der Waals surface area contributed by atoms with Crippen molar-refractivity contribution in [3.63, 3.8) is 0 Å². The highest BCUT2D eigenvalue weighted by atomic mass is 32.2. The van der Waals surface area contributed by atoms with Gasteiger partial charge in [-0.05, 0) is 32.9 Å². The van der Waals surface area contributed by atoms with Gasteiger partial charge in [0.15, 0.2) is 5.96 Å². The van der Waals surface area contributed by atoms with Crippen LogP contribution in [0.5, 0.6) is 0 Å². The minimum atomic E-state index is -5.24. The Hall–Kier alpha value is -0.680. The quantitative estimate of drug-likeness (QED) is 0.551. The van der Waals surface area contributed by atoms with Crippen LogP contribution in [0.1, 0.15) is 26.7 Å². The Morgan fingerprint density at radius 3 is 2.25 bits per heavy atom. The average molecular weight is 390 g/mol. The molecule has 0 saturated carbocycles. The van der Waals surface area contributed by atoms with E-state index in [2.05, 4.69) is 29.5 Å². The number of hydrogen-bond acceptors (Lipinski definition) is 4. The normalized spacial score (nSPS) is 19.4. The summed E-state index contributed by atoms with van der Waals surface area (Å²) in [4.78, 5) is 4.10. The van der Waals surface area contributed by atoms with E-state index in [-0.39, 0.29) is 23.9 Å². The van der Waals surface area contributed by atoms with Gasteiger partial charge in [-0.15, -0.1) is 0 Å². The molecule has 24 heavy (non-hydrogen) atoms. The van der Waals surface area contributed by atoms with Gasteiger partial charge in [0.1, 0.15) is 0 Å². The molecule has 6 nitrogen and oxygen atoms in total. The topological polar surface area (TPSA) is 73.8 Å². The number of thioether (sulfide) groups is 1. The van der Waals surface area contributed by atoms with E-state index in [9.17, 15) is 21.6 Å². The fraction of sp³-hybridized carbons (Fsp3) is 0.923. The van der Waals surface area contributed by atoms with Crippen LogP contribution in [-0.4, -0.2) is 67.9 Å². The zero-order valence-corrected chi connectivity index (χ0v) is 15.9. The van der Waals surface area contributed by atoms with Crippen LogP contribution in [0.25, 0.3) is 0 Å². The maximum Gasteiger partial charge on any atom is 0.511 e. The highest BCUT2D eigenvalue weighted by molar-refractivity contribution is 7.99. The zero-order chi connectivity index (χ0) is 18.6. The molecule has 142 valence electrons. The van der Waals surface area contributed by atoms with Crippen LogP contribution >= 0.6 is 11.8 Å². The fourth-order valence-electron chi connectivity index (χ4n) is 2.14. The number of halogens is 3. The second-order valence-corrected chi connectivity index (χ2v) is 9.60. The van der Waals surface area contributed by atoms with Gasteiger partial charge in [0.25, 0.3) is 0 Å². The molecule has 0 bridgehead atoms. The number of alkyl halides is 3. The second kappa shape index (κ2) is 8.13. The lowest BCUT2D eigenvalue weighted by atomic mass is 10.1. The van der Waals surface area contributed by atoms with Crippen molar-refractivity contribution in [3.8, 4) is 0 Å². The van der Waals surface area contributed by atoms with E-state index >= 15 is 0 Å². The Morgan fingerprint density at radius 2 is 1.83 bits per heavy atom. The first-order valence-corrected chi connectivity index (χ1v) is 10.2. The number of hydrogen-bond donors (Lipinski definition) is 2. The number of nitrogens with one attached hydrogen (secondary N) is 2. The van der Waals surface area contributed by atoms with Crippen LogP contribution in [0.4, 0.5) is 13.2 Å². The van der Waals surface area contributed by atoms with E-state index in [1.165, 1.54) is 0 Å². The van der Waals surface area contributed by atoms with E-state index in [0.717, 1.165) is 0 Å². The second-order valence-electron chi connectivity index (χ2n) is 6.16. The summed E-state index contributed by atoms with van der Waals surface area (Å²) in [6.45, 7) is 4.52.